The van der Waals surface area contributed by atoms with Crippen LogP contribution in [0.1, 0.15) is 42.6 Å². The lowest BCUT2D eigenvalue weighted by Gasteiger charge is -2.35. The molecule has 0 aromatic heterocycles. The van der Waals surface area contributed by atoms with Gasteiger partial charge in [0.1, 0.15) is 0 Å². The van der Waals surface area contributed by atoms with E-state index in [1.54, 1.807) is 17.0 Å². The fourth-order valence-electron chi connectivity index (χ4n) is 2.80. The van der Waals surface area contributed by atoms with Crippen LogP contribution >= 0.6 is 0 Å². The van der Waals surface area contributed by atoms with E-state index in [2.05, 4.69) is 0 Å². The zero-order valence-corrected chi connectivity index (χ0v) is 14.7. The average molecular weight is 330 g/mol. The molecule has 0 N–H and O–H groups in total. The Labute approximate surface area is 143 Å². The van der Waals surface area contributed by atoms with E-state index >= 15 is 0 Å². The molecule has 24 heavy (non-hydrogen) atoms. The van der Waals surface area contributed by atoms with E-state index in [1.165, 1.54) is 0 Å². The zero-order chi connectivity index (χ0) is 17.7. The Kier molecular flexibility index (Phi) is 6.12. The summed E-state index contributed by atoms with van der Waals surface area (Å²) in [6.45, 7) is 8.00. The quantitative estimate of drug-likeness (QED) is 0.778. The molecule has 2 rings (SSSR count). The van der Waals surface area contributed by atoms with Gasteiger partial charge in [-0.05, 0) is 6.92 Å². The topological polar surface area (TPSA) is 57.7 Å². The van der Waals surface area contributed by atoms with Crippen LogP contribution in [-0.4, -0.2) is 53.6 Å². The standard InChI is InChI=1S/C19H26N2O3/c1-14(2)19(24)21-12-10-20(11-13-21)18(23)9-8-17(22)16-6-4-15(3)5-7-16/h4-7,14H,8-13H2,1-3H3. The first-order valence-corrected chi connectivity index (χ1v) is 8.55. The molecule has 0 unspecified atom stereocenters. The molecular formula is C19H26N2O3. The van der Waals surface area contributed by atoms with Gasteiger partial charge >= 0.3 is 0 Å². The molecule has 0 bridgehead atoms. The second-order valence-electron chi connectivity index (χ2n) is 6.65. The lowest BCUT2D eigenvalue weighted by atomic mass is 10.0. The molecule has 1 aromatic carbocycles. The molecule has 1 aromatic rings. The third-order valence-electron chi connectivity index (χ3n) is 4.38. The van der Waals surface area contributed by atoms with Gasteiger partial charge in [0.2, 0.25) is 11.8 Å². The van der Waals surface area contributed by atoms with E-state index in [0.717, 1.165) is 5.56 Å². The van der Waals surface area contributed by atoms with Crippen LogP contribution in [0, 0.1) is 12.8 Å². The molecule has 0 radical (unpaired) electrons. The second-order valence-corrected chi connectivity index (χ2v) is 6.65. The van der Waals surface area contributed by atoms with Gasteiger partial charge in [0.15, 0.2) is 5.78 Å². The minimum absolute atomic E-state index is 0.00280. The highest BCUT2D eigenvalue weighted by atomic mass is 16.2. The predicted octanol–water partition coefficient (Wildman–Crippen LogP) is 2.28. The molecule has 1 fully saturated rings. The van der Waals surface area contributed by atoms with Crippen molar-refractivity contribution in [1.29, 1.82) is 0 Å². The fraction of sp³-hybridized carbons (Fsp3) is 0.526. The second kappa shape index (κ2) is 8.08. The maximum atomic E-state index is 12.3. The number of aryl methyl sites for hydroxylation is 1. The largest absolute Gasteiger partial charge is 0.339 e. The van der Waals surface area contributed by atoms with Crippen molar-refractivity contribution in [2.45, 2.75) is 33.6 Å². The summed E-state index contributed by atoms with van der Waals surface area (Å²) in [4.78, 5) is 39.9. The van der Waals surface area contributed by atoms with E-state index in [-0.39, 0.29) is 36.4 Å². The van der Waals surface area contributed by atoms with Crippen molar-refractivity contribution in [3.05, 3.63) is 35.4 Å². The molecule has 5 nitrogen and oxygen atoms in total. The van der Waals surface area contributed by atoms with Crippen molar-refractivity contribution in [2.75, 3.05) is 26.2 Å². The van der Waals surface area contributed by atoms with Crippen LogP contribution in [0.4, 0.5) is 0 Å². The molecule has 1 heterocycles. The Balaban J connectivity index is 1.78. The molecule has 5 heteroatoms. The summed E-state index contributed by atoms with van der Waals surface area (Å²) in [6, 6.07) is 7.41. The van der Waals surface area contributed by atoms with Crippen molar-refractivity contribution in [2.24, 2.45) is 5.92 Å². The third kappa shape index (κ3) is 4.66. The molecule has 0 saturated carbocycles. The van der Waals surface area contributed by atoms with Gasteiger partial charge in [0.25, 0.3) is 0 Å². The molecule has 2 amide bonds. The average Bonchev–Trinajstić information content (AvgIpc) is 2.59. The Morgan fingerprint density at radius 1 is 0.917 bits per heavy atom. The van der Waals surface area contributed by atoms with Crippen LogP contribution in [0.25, 0.3) is 0 Å². The van der Waals surface area contributed by atoms with Gasteiger partial charge in [0.05, 0.1) is 0 Å². The Hall–Kier alpha value is -2.17. The highest BCUT2D eigenvalue weighted by Crippen LogP contribution is 2.11. The summed E-state index contributed by atoms with van der Waals surface area (Å²) in [6.07, 6.45) is 0.456. The van der Waals surface area contributed by atoms with E-state index in [0.29, 0.717) is 31.7 Å². The van der Waals surface area contributed by atoms with E-state index < -0.39 is 0 Å². The zero-order valence-electron chi connectivity index (χ0n) is 14.7. The van der Waals surface area contributed by atoms with E-state index in [4.69, 9.17) is 0 Å². The highest BCUT2D eigenvalue weighted by Gasteiger charge is 2.25. The van der Waals surface area contributed by atoms with Crippen molar-refractivity contribution in [3.63, 3.8) is 0 Å². The Morgan fingerprint density at radius 3 is 2.00 bits per heavy atom. The Morgan fingerprint density at radius 2 is 1.46 bits per heavy atom. The maximum Gasteiger partial charge on any atom is 0.225 e. The number of hydrogen-bond acceptors (Lipinski definition) is 3. The molecule has 1 saturated heterocycles. The SMILES string of the molecule is Cc1ccc(C(=O)CCC(=O)N2CCN(C(=O)C(C)C)CC2)cc1. The summed E-state index contributed by atoms with van der Waals surface area (Å²) in [7, 11) is 0. The van der Waals surface area contributed by atoms with E-state index in [1.807, 2.05) is 37.8 Å². The molecule has 1 aliphatic rings. The molecule has 0 aliphatic carbocycles. The van der Waals surface area contributed by atoms with Crippen LogP contribution in [0.5, 0.6) is 0 Å². The van der Waals surface area contributed by atoms with Gasteiger partial charge in [-0.15, -0.1) is 0 Å². The first-order valence-electron chi connectivity index (χ1n) is 8.55. The molecular weight excluding hydrogens is 304 g/mol. The smallest absolute Gasteiger partial charge is 0.225 e. The number of hydrogen-bond donors (Lipinski definition) is 0. The number of carbonyl (C=O) groups is 3. The summed E-state index contributed by atoms with van der Waals surface area (Å²) in [5.74, 6) is 0.111. The summed E-state index contributed by atoms with van der Waals surface area (Å²) < 4.78 is 0. The first kappa shape index (κ1) is 18.2. The number of rotatable bonds is 5. The van der Waals surface area contributed by atoms with Gasteiger partial charge in [-0.1, -0.05) is 43.7 Å². The molecule has 1 aliphatic heterocycles. The number of amides is 2. The van der Waals surface area contributed by atoms with Crippen LogP contribution in [-0.2, 0) is 9.59 Å². The van der Waals surface area contributed by atoms with Gasteiger partial charge in [-0.2, -0.15) is 0 Å². The number of ketones is 1. The van der Waals surface area contributed by atoms with Crippen molar-refractivity contribution in [1.82, 2.24) is 9.80 Å². The summed E-state index contributed by atoms with van der Waals surface area (Å²) in [5, 5.41) is 0. The fourth-order valence-corrected chi connectivity index (χ4v) is 2.80. The monoisotopic (exact) mass is 330 g/mol. The maximum absolute atomic E-state index is 12.3. The first-order chi connectivity index (χ1) is 11.4. The van der Waals surface area contributed by atoms with Gasteiger partial charge in [-0.25, -0.2) is 0 Å². The lowest BCUT2D eigenvalue weighted by molar-refractivity contribution is -0.141. The van der Waals surface area contributed by atoms with Gasteiger partial charge < -0.3 is 9.80 Å². The van der Waals surface area contributed by atoms with Crippen LogP contribution in [0.3, 0.4) is 0 Å². The normalized spacial score (nSPS) is 14.8. The van der Waals surface area contributed by atoms with Crippen LogP contribution in [0.2, 0.25) is 0 Å². The number of carbonyl (C=O) groups excluding carboxylic acids is 3. The number of benzene rings is 1. The number of nitrogens with zero attached hydrogens (tertiary/aromatic N) is 2. The van der Waals surface area contributed by atoms with E-state index in [9.17, 15) is 14.4 Å². The summed E-state index contributed by atoms with van der Waals surface area (Å²) >= 11 is 0. The molecule has 0 spiro atoms. The van der Waals surface area contributed by atoms with Crippen molar-refractivity contribution >= 4 is 17.6 Å². The predicted molar refractivity (Wildman–Crippen MR) is 92.7 cm³/mol. The van der Waals surface area contributed by atoms with Gasteiger partial charge in [-0.3, -0.25) is 14.4 Å². The Bertz CT molecular complexity index is 600. The number of Topliss-reactive ketones (excluding diaryl/α,β-unsaturated/α-hetero) is 1. The summed E-state index contributed by atoms with van der Waals surface area (Å²) in [5.41, 5.74) is 1.76. The van der Waals surface area contributed by atoms with Crippen LogP contribution in [0.15, 0.2) is 24.3 Å². The molecule has 0 atom stereocenters. The number of piperazine rings is 1. The van der Waals surface area contributed by atoms with Gasteiger partial charge in [0, 0.05) is 50.5 Å². The van der Waals surface area contributed by atoms with Crippen molar-refractivity contribution < 1.29 is 14.4 Å². The minimum Gasteiger partial charge on any atom is -0.339 e. The minimum atomic E-state index is -0.0145. The lowest BCUT2D eigenvalue weighted by Crippen LogP contribution is -2.51. The third-order valence-corrected chi connectivity index (χ3v) is 4.38. The molecule has 130 valence electrons. The highest BCUT2D eigenvalue weighted by molar-refractivity contribution is 5.98. The van der Waals surface area contributed by atoms with Crippen LogP contribution < -0.4 is 0 Å². The van der Waals surface area contributed by atoms with Crippen molar-refractivity contribution in [3.8, 4) is 0 Å².